The van der Waals surface area contributed by atoms with Crippen LogP contribution in [0.25, 0.3) is 0 Å². The van der Waals surface area contributed by atoms with E-state index in [4.69, 9.17) is 0 Å². The van der Waals surface area contributed by atoms with Crippen molar-refractivity contribution in [2.24, 2.45) is 0 Å². The Morgan fingerprint density at radius 3 is 2.71 bits per heavy atom. The van der Waals surface area contributed by atoms with Crippen LogP contribution in [0.2, 0.25) is 0 Å². The quantitative estimate of drug-likeness (QED) is 0.774. The second-order valence-electron chi connectivity index (χ2n) is 5.57. The molecule has 2 N–H and O–H groups in total. The lowest BCUT2D eigenvalue weighted by Crippen LogP contribution is -2.20. The molecule has 1 aliphatic carbocycles. The molecule has 0 fully saturated rings. The lowest BCUT2D eigenvalue weighted by atomic mass is 10.1. The number of anilines is 1. The third kappa shape index (κ3) is 5.34. The lowest BCUT2D eigenvalue weighted by molar-refractivity contribution is -0.116. The summed E-state index contributed by atoms with van der Waals surface area (Å²) in [6.07, 6.45) is 10.8. The Kier molecular flexibility index (Phi) is 5.56. The van der Waals surface area contributed by atoms with Crippen LogP contribution in [-0.2, 0) is 21.4 Å². The molecule has 0 saturated heterocycles. The SMILES string of the molecule is Cc1cc(CNC(=O)/C=C/C2=CC=CC2)cc(F)c1NS(C)(=O)=O. The fraction of sp³-hybridized carbons (Fsp3) is 0.235. The van der Waals surface area contributed by atoms with Gasteiger partial charge >= 0.3 is 0 Å². The Morgan fingerprint density at radius 1 is 1.38 bits per heavy atom. The molecule has 1 amide bonds. The minimum atomic E-state index is -3.56. The van der Waals surface area contributed by atoms with E-state index in [0.717, 1.165) is 18.2 Å². The molecule has 0 radical (unpaired) electrons. The third-order valence-corrected chi connectivity index (χ3v) is 3.93. The number of rotatable bonds is 6. The molecule has 0 aliphatic heterocycles. The molecule has 24 heavy (non-hydrogen) atoms. The first-order valence-electron chi connectivity index (χ1n) is 7.33. The van der Waals surface area contributed by atoms with Crippen molar-refractivity contribution in [3.63, 3.8) is 0 Å². The maximum absolute atomic E-state index is 14.1. The van der Waals surface area contributed by atoms with Crippen molar-refractivity contribution in [3.05, 3.63) is 65.0 Å². The number of carbonyl (C=O) groups is 1. The summed E-state index contributed by atoms with van der Waals surface area (Å²) in [6.45, 7) is 1.75. The van der Waals surface area contributed by atoms with Gasteiger partial charge in [-0.3, -0.25) is 9.52 Å². The fourth-order valence-corrected chi connectivity index (χ4v) is 2.88. The van der Waals surface area contributed by atoms with Crippen molar-refractivity contribution in [1.29, 1.82) is 0 Å². The number of aryl methyl sites for hydroxylation is 1. The van der Waals surface area contributed by atoms with Crippen LogP contribution in [0.5, 0.6) is 0 Å². The van der Waals surface area contributed by atoms with E-state index in [2.05, 4.69) is 10.0 Å². The first-order valence-corrected chi connectivity index (χ1v) is 9.22. The van der Waals surface area contributed by atoms with Crippen LogP contribution in [0.1, 0.15) is 17.5 Å². The smallest absolute Gasteiger partial charge is 0.244 e. The van der Waals surface area contributed by atoms with E-state index in [9.17, 15) is 17.6 Å². The van der Waals surface area contributed by atoms with Gasteiger partial charge in [-0.15, -0.1) is 0 Å². The molecule has 0 aromatic heterocycles. The number of nitrogens with one attached hydrogen (secondary N) is 2. The molecule has 0 bridgehead atoms. The number of benzene rings is 1. The van der Waals surface area contributed by atoms with Crippen molar-refractivity contribution in [3.8, 4) is 0 Å². The monoisotopic (exact) mass is 350 g/mol. The van der Waals surface area contributed by atoms with Crippen LogP contribution in [0.15, 0.2) is 48.1 Å². The highest BCUT2D eigenvalue weighted by molar-refractivity contribution is 7.92. The normalized spacial score (nSPS) is 14.0. The van der Waals surface area contributed by atoms with Crippen LogP contribution < -0.4 is 10.0 Å². The van der Waals surface area contributed by atoms with Crippen molar-refractivity contribution in [1.82, 2.24) is 5.32 Å². The number of hydrogen-bond acceptors (Lipinski definition) is 3. The average molecular weight is 350 g/mol. The predicted octanol–water partition coefficient (Wildman–Crippen LogP) is 2.56. The molecule has 0 spiro atoms. The number of hydrogen-bond donors (Lipinski definition) is 2. The number of carbonyl (C=O) groups excluding carboxylic acids is 1. The van der Waals surface area contributed by atoms with Gasteiger partial charge in [0.1, 0.15) is 5.82 Å². The first kappa shape index (κ1) is 17.9. The van der Waals surface area contributed by atoms with Crippen molar-refractivity contribution in [2.75, 3.05) is 11.0 Å². The zero-order valence-corrected chi connectivity index (χ0v) is 14.3. The maximum atomic E-state index is 14.1. The molecule has 1 aromatic carbocycles. The van der Waals surface area contributed by atoms with Crippen molar-refractivity contribution in [2.45, 2.75) is 19.9 Å². The van der Waals surface area contributed by atoms with Gasteiger partial charge in [0.15, 0.2) is 0 Å². The van der Waals surface area contributed by atoms with Crippen LogP contribution in [0, 0.1) is 12.7 Å². The van der Waals surface area contributed by atoms with E-state index in [1.807, 2.05) is 18.2 Å². The largest absolute Gasteiger partial charge is 0.348 e. The highest BCUT2D eigenvalue weighted by Crippen LogP contribution is 2.22. The summed E-state index contributed by atoms with van der Waals surface area (Å²) in [4.78, 5) is 11.8. The topological polar surface area (TPSA) is 75.3 Å². The molecule has 5 nitrogen and oxygen atoms in total. The number of sulfonamides is 1. The summed E-state index contributed by atoms with van der Waals surface area (Å²) in [7, 11) is -3.56. The van der Waals surface area contributed by atoms with Gasteiger partial charge in [0.05, 0.1) is 11.9 Å². The Morgan fingerprint density at radius 2 is 2.12 bits per heavy atom. The third-order valence-electron chi connectivity index (χ3n) is 3.35. The first-order chi connectivity index (χ1) is 11.2. The highest BCUT2D eigenvalue weighted by Gasteiger charge is 2.12. The van der Waals surface area contributed by atoms with Gasteiger partial charge in [-0.2, -0.15) is 0 Å². The summed E-state index contributed by atoms with van der Waals surface area (Å²) in [5.41, 5.74) is 1.96. The number of halogens is 1. The number of amides is 1. The molecule has 0 saturated carbocycles. The molecular weight excluding hydrogens is 331 g/mol. The van der Waals surface area contributed by atoms with Crippen molar-refractivity contribution >= 4 is 21.6 Å². The second-order valence-corrected chi connectivity index (χ2v) is 7.32. The standard InChI is InChI=1S/C17H19FN2O3S/c1-12-9-14(10-15(18)17(12)20-24(2,22)23)11-19-16(21)8-7-13-5-3-4-6-13/h3-5,7-10,20H,6,11H2,1-2H3,(H,19,21)/b8-7+. The van der Waals surface area contributed by atoms with Crippen LogP contribution >= 0.6 is 0 Å². The Hall–Kier alpha value is -2.41. The van der Waals surface area contributed by atoms with E-state index in [-0.39, 0.29) is 18.1 Å². The molecule has 0 atom stereocenters. The Labute approximate surface area is 141 Å². The summed E-state index contributed by atoms with van der Waals surface area (Å²) in [6, 6.07) is 2.83. The zero-order chi connectivity index (χ0) is 17.7. The molecule has 1 aromatic rings. The van der Waals surface area contributed by atoms with Gasteiger partial charge < -0.3 is 5.32 Å². The summed E-state index contributed by atoms with van der Waals surface area (Å²) in [5.74, 6) is -0.957. The van der Waals surface area contributed by atoms with Gasteiger partial charge in [-0.25, -0.2) is 12.8 Å². The summed E-state index contributed by atoms with van der Waals surface area (Å²) in [5, 5.41) is 2.67. The predicted molar refractivity (Wildman–Crippen MR) is 92.4 cm³/mol. The summed E-state index contributed by atoms with van der Waals surface area (Å²) < 4.78 is 38.7. The Balaban J connectivity index is 1.99. The van der Waals surface area contributed by atoms with Gasteiger partial charge in [-0.05, 0) is 36.1 Å². The average Bonchev–Trinajstić information content (AvgIpc) is 2.99. The molecule has 128 valence electrons. The fourth-order valence-electron chi connectivity index (χ4n) is 2.25. The van der Waals surface area contributed by atoms with Crippen LogP contribution in [-0.4, -0.2) is 20.6 Å². The van der Waals surface area contributed by atoms with E-state index < -0.39 is 15.8 Å². The van der Waals surface area contributed by atoms with Gasteiger partial charge in [0.2, 0.25) is 15.9 Å². The van der Waals surface area contributed by atoms with Gasteiger partial charge in [0.25, 0.3) is 0 Å². The molecule has 0 unspecified atom stereocenters. The van der Waals surface area contributed by atoms with Crippen LogP contribution in [0.3, 0.4) is 0 Å². The van der Waals surface area contributed by atoms with E-state index in [1.165, 1.54) is 12.1 Å². The van der Waals surface area contributed by atoms with Crippen LogP contribution in [0.4, 0.5) is 10.1 Å². The molecule has 0 heterocycles. The zero-order valence-electron chi connectivity index (χ0n) is 13.5. The minimum Gasteiger partial charge on any atom is -0.348 e. The maximum Gasteiger partial charge on any atom is 0.244 e. The highest BCUT2D eigenvalue weighted by atomic mass is 32.2. The molecule has 7 heteroatoms. The van der Waals surface area contributed by atoms with E-state index in [0.29, 0.717) is 11.1 Å². The van der Waals surface area contributed by atoms with Gasteiger partial charge in [0, 0.05) is 12.6 Å². The van der Waals surface area contributed by atoms with Crippen molar-refractivity contribution < 1.29 is 17.6 Å². The van der Waals surface area contributed by atoms with E-state index in [1.54, 1.807) is 19.1 Å². The summed E-state index contributed by atoms with van der Waals surface area (Å²) >= 11 is 0. The second kappa shape index (κ2) is 7.44. The Bertz CT molecular complexity index is 816. The molecule has 1 aliphatic rings. The lowest BCUT2D eigenvalue weighted by Gasteiger charge is -2.11. The van der Waals surface area contributed by atoms with E-state index >= 15 is 0 Å². The number of allylic oxidation sites excluding steroid dienone is 5. The molecule has 2 rings (SSSR count). The van der Waals surface area contributed by atoms with Gasteiger partial charge in [-0.1, -0.05) is 30.4 Å². The molecular formula is C17H19FN2O3S. The minimum absolute atomic E-state index is 0.0758.